The number of carbonyl (C=O) groups is 1. The van der Waals surface area contributed by atoms with Gasteiger partial charge in [0, 0.05) is 38.3 Å². The van der Waals surface area contributed by atoms with Crippen molar-refractivity contribution in [2.24, 2.45) is 0 Å². The van der Waals surface area contributed by atoms with Crippen LogP contribution in [0.1, 0.15) is 11.7 Å². The highest BCUT2D eigenvalue weighted by atomic mass is 16.6. The summed E-state index contributed by atoms with van der Waals surface area (Å²) in [6, 6.07) is 5.37. The number of nitrogens with one attached hydrogen (secondary N) is 1. The number of rotatable bonds is 3. The highest BCUT2D eigenvalue weighted by molar-refractivity contribution is 5.82. The molecule has 7 heteroatoms. The molecule has 0 aromatic heterocycles. The number of piperazine rings is 1. The van der Waals surface area contributed by atoms with Gasteiger partial charge in [0.1, 0.15) is 0 Å². The SMILES string of the molecule is O=C(C(O)c1ccc([N+](=O)[O-])cc1)N1CCNCC1. The Morgan fingerprint density at radius 2 is 1.89 bits per heavy atom. The second-order valence-electron chi connectivity index (χ2n) is 4.33. The predicted octanol–water partition coefficient (Wildman–Crippen LogP) is 0.0600. The van der Waals surface area contributed by atoms with E-state index in [4.69, 9.17) is 0 Å². The molecule has 1 unspecified atom stereocenters. The Balaban J connectivity index is 2.07. The molecule has 1 aromatic carbocycles. The van der Waals surface area contributed by atoms with E-state index in [1.165, 1.54) is 24.3 Å². The van der Waals surface area contributed by atoms with Crippen LogP contribution in [0.4, 0.5) is 5.69 Å². The van der Waals surface area contributed by atoms with Crippen molar-refractivity contribution in [3.8, 4) is 0 Å². The summed E-state index contributed by atoms with van der Waals surface area (Å²) in [5.74, 6) is -0.365. The molecule has 0 bridgehead atoms. The van der Waals surface area contributed by atoms with Crippen LogP contribution < -0.4 is 5.32 Å². The zero-order valence-corrected chi connectivity index (χ0v) is 10.3. The Morgan fingerprint density at radius 3 is 2.42 bits per heavy atom. The van der Waals surface area contributed by atoms with Crippen molar-refractivity contribution >= 4 is 11.6 Å². The van der Waals surface area contributed by atoms with Crippen LogP contribution in [0.3, 0.4) is 0 Å². The molecule has 1 fully saturated rings. The lowest BCUT2D eigenvalue weighted by Crippen LogP contribution is -2.48. The van der Waals surface area contributed by atoms with Gasteiger partial charge in [0.25, 0.3) is 11.6 Å². The van der Waals surface area contributed by atoms with Gasteiger partial charge in [-0.15, -0.1) is 0 Å². The van der Waals surface area contributed by atoms with Crippen molar-refractivity contribution in [3.63, 3.8) is 0 Å². The summed E-state index contributed by atoms with van der Waals surface area (Å²) in [5.41, 5.74) is 0.305. The van der Waals surface area contributed by atoms with Gasteiger partial charge in [-0.1, -0.05) is 0 Å². The summed E-state index contributed by atoms with van der Waals surface area (Å²) >= 11 is 0. The number of nitro benzene ring substituents is 1. The summed E-state index contributed by atoms with van der Waals surface area (Å²) in [4.78, 5) is 23.6. The first-order chi connectivity index (χ1) is 9.09. The third-order valence-electron chi connectivity index (χ3n) is 3.08. The number of nitrogens with zero attached hydrogens (tertiary/aromatic N) is 2. The Hall–Kier alpha value is -1.99. The number of aliphatic hydroxyl groups is 1. The molecule has 1 amide bonds. The monoisotopic (exact) mass is 265 g/mol. The molecular formula is C12H15N3O4. The number of nitro groups is 1. The highest BCUT2D eigenvalue weighted by Crippen LogP contribution is 2.19. The van der Waals surface area contributed by atoms with Gasteiger partial charge >= 0.3 is 0 Å². The smallest absolute Gasteiger partial charge is 0.269 e. The fraction of sp³-hybridized carbons (Fsp3) is 0.417. The molecule has 2 rings (SSSR count). The van der Waals surface area contributed by atoms with Crippen LogP contribution in [0, 0.1) is 10.1 Å². The Morgan fingerprint density at radius 1 is 1.32 bits per heavy atom. The standard InChI is InChI=1S/C12H15N3O4/c16-11(12(17)14-7-5-13-6-8-14)9-1-3-10(4-2-9)15(18)19/h1-4,11,13,16H,5-8H2. The first kappa shape index (κ1) is 13.4. The molecule has 1 atom stereocenters. The van der Waals surface area contributed by atoms with Gasteiger partial charge in [-0.3, -0.25) is 14.9 Å². The Bertz CT molecular complexity index is 468. The molecule has 1 aliphatic heterocycles. The lowest BCUT2D eigenvalue weighted by atomic mass is 10.1. The average molecular weight is 265 g/mol. The minimum absolute atomic E-state index is 0.0643. The van der Waals surface area contributed by atoms with E-state index in [1.54, 1.807) is 4.90 Å². The van der Waals surface area contributed by atoms with Crippen LogP contribution >= 0.6 is 0 Å². The molecule has 102 valence electrons. The average Bonchev–Trinajstić information content (AvgIpc) is 2.46. The zero-order valence-electron chi connectivity index (χ0n) is 10.3. The van der Waals surface area contributed by atoms with Crippen LogP contribution in [0.15, 0.2) is 24.3 Å². The fourth-order valence-corrected chi connectivity index (χ4v) is 1.98. The summed E-state index contributed by atoms with van der Waals surface area (Å²) < 4.78 is 0. The van der Waals surface area contributed by atoms with Crippen molar-refractivity contribution in [2.75, 3.05) is 26.2 Å². The number of amides is 1. The number of carbonyl (C=O) groups excluding carboxylic acids is 1. The third kappa shape index (κ3) is 3.07. The fourth-order valence-electron chi connectivity index (χ4n) is 1.98. The minimum Gasteiger partial charge on any atom is -0.378 e. The molecule has 0 spiro atoms. The van der Waals surface area contributed by atoms with E-state index in [-0.39, 0.29) is 11.6 Å². The van der Waals surface area contributed by atoms with Crippen LogP contribution in [-0.4, -0.2) is 47.0 Å². The van der Waals surface area contributed by atoms with Crippen LogP contribution in [0.2, 0.25) is 0 Å². The summed E-state index contributed by atoms with van der Waals surface area (Å²) in [6.45, 7) is 2.53. The van der Waals surface area contributed by atoms with E-state index in [1.807, 2.05) is 0 Å². The third-order valence-corrected chi connectivity index (χ3v) is 3.08. The molecule has 0 aliphatic carbocycles. The lowest BCUT2D eigenvalue weighted by Gasteiger charge is -2.29. The van der Waals surface area contributed by atoms with Gasteiger partial charge < -0.3 is 15.3 Å². The Labute approximate surface area is 110 Å². The molecule has 7 nitrogen and oxygen atoms in total. The first-order valence-electron chi connectivity index (χ1n) is 6.01. The maximum Gasteiger partial charge on any atom is 0.269 e. The van der Waals surface area contributed by atoms with E-state index in [2.05, 4.69) is 5.32 Å². The van der Waals surface area contributed by atoms with Crippen LogP contribution in [-0.2, 0) is 4.79 Å². The molecule has 1 aromatic rings. The number of hydrogen-bond donors (Lipinski definition) is 2. The minimum atomic E-state index is -1.26. The molecule has 1 saturated heterocycles. The molecule has 1 aliphatic rings. The van der Waals surface area contributed by atoms with E-state index in [9.17, 15) is 20.0 Å². The second kappa shape index (κ2) is 5.77. The molecule has 0 saturated carbocycles. The second-order valence-corrected chi connectivity index (χ2v) is 4.33. The normalized spacial score (nSPS) is 17.0. The molecular weight excluding hydrogens is 250 g/mol. The number of benzene rings is 1. The zero-order chi connectivity index (χ0) is 13.8. The first-order valence-corrected chi connectivity index (χ1v) is 6.01. The van der Waals surface area contributed by atoms with Crippen LogP contribution in [0.5, 0.6) is 0 Å². The maximum absolute atomic E-state index is 12.0. The molecule has 1 heterocycles. The van der Waals surface area contributed by atoms with Crippen LogP contribution in [0.25, 0.3) is 0 Å². The molecule has 2 N–H and O–H groups in total. The number of aliphatic hydroxyl groups excluding tert-OH is 1. The van der Waals surface area contributed by atoms with Gasteiger partial charge in [0.2, 0.25) is 0 Å². The number of hydrogen-bond acceptors (Lipinski definition) is 5. The van der Waals surface area contributed by atoms with Crippen molar-refractivity contribution in [3.05, 3.63) is 39.9 Å². The maximum atomic E-state index is 12.0. The lowest BCUT2D eigenvalue weighted by molar-refractivity contribution is -0.384. The van der Waals surface area contributed by atoms with E-state index in [0.717, 1.165) is 0 Å². The predicted molar refractivity (Wildman–Crippen MR) is 67.5 cm³/mol. The van der Waals surface area contributed by atoms with Gasteiger partial charge in [0.15, 0.2) is 6.10 Å². The summed E-state index contributed by atoms with van der Waals surface area (Å²) in [7, 11) is 0. The topological polar surface area (TPSA) is 95.7 Å². The van der Waals surface area contributed by atoms with Gasteiger partial charge in [-0.25, -0.2) is 0 Å². The largest absolute Gasteiger partial charge is 0.378 e. The van der Waals surface area contributed by atoms with E-state index >= 15 is 0 Å². The van der Waals surface area contributed by atoms with E-state index in [0.29, 0.717) is 31.7 Å². The van der Waals surface area contributed by atoms with Crippen molar-refractivity contribution in [1.29, 1.82) is 0 Å². The summed E-state index contributed by atoms with van der Waals surface area (Å²) in [5, 5.41) is 23.6. The van der Waals surface area contributed by atoms with Crippen molar-refractivity contribution in [2.45, 2.75) is 6.10 Å². The Kier molecular flexibility index (Phi) is 4.08. The van der Waals surface area contributed by atoms with E-state index < -0.39 is 11.0 Å². The van der Waals surface area contributed by atoms with Crippen molar-refractivity contribution < 1.29 is 14.8 Å². The highest BCUT2D eigenvalue weighted by Gasteiger charge is 2.25. The quantitative estimate of drug-likeness (QED) is 0.595. The summed E-state index contributed by atoms with van der Waals surface area (Å²) in [6.07, 6.45) is -1.26. The van der Waals surface area contributed by atoms with Gasteiger partial charge in [-0.05, 0) is 17.7 Å². The van der Waals surface area contributed by atoms with Gasteiger partial charge in [-0.2, -0.15) is 0 Å². The number of non-ortho nitro benzene ring substituents is 1. The van der Waals surface area contributed by atoms with Gasteiger partial charge in [0.05, 0.1) is 4.92 Å². The van der Waals surface area contributed by atoms with Crippen molar-refractivity contribution in [1.82, 2.24) is 10.2 Å². The molecule has 0 radical (unpaired) electrons. The molecule has 19 heavy (non-hydrogen) atoms.